The Balaban J connectivity index is 1.61. The van der Waals surface area contributed by atoms with Crippen LogP contribution >= 0.6 is 0 Å². The first-order chi connectivity index (χ1) is 10.9. The van der Waals surface area contributed by atoms with Crippen molar-refractivity contribution in [2.24, 2.45) is 40.4 Å². The Labute approximate surface area is 141 Å². The maximum absolute atomic E-state index is 12.2. The summed E-state index contributed by atoms with van der Waals surface area (Å²) in [5.74, 6) is 3.97. The van der Waals surface area contributed by atoms with Crippen LogP contribution in [0.25, 0.3) is 0 Å². The summed E-state index contributed by atoms with van der Waals surface area (Å²) in [5, 5.41) is 10.1. The zero-order valence-corrected chi connectivity index (χ0v) is 15.2. The number of hydrogen-bond donors (Lipinski definition) is 1. The molecular weight excluding hydrogens is 284 g/mol. The molecule has 2 unspecified atom stereocenters. The van der Waals surface area contributed by atoms with Crippen LogP contribution in [0.3, 0.4) is 0 Å². The van der Waals surface area contributed by atoms with Gasteiger partial charge in [0.15, 0.2) is 0 Å². The highest BCUT2D eigenvalue weighted by atomic mass is 16.3. The zero-order valence-electron chi connectivity index (χ0n) is 15.2. The topological polar surface area (TPSA) is 37.3 Å². The number of hydrogen-bond acceptors (Lipinski definition) is 2. The first-order valence-corrected chi connectivity index (χ1v) is 10.0. The van der Waals surface area contributed by atoms with Crippen LogP contribution in [0.15, 0.2) is 0 Å². The quantitative estimate of drug-likeness (QED) is 0.767. The molecule has 130 valence electrons. The van der Waals surface area contributed by atoms with Crippen LogP contribution in [0, 0.1) is 40.4 Å². The van der Waals surface area contributed by atoms with Crippen molar-refractivity contribution in [1.82, 2.24) is 0 Å². The van der Waals surface area contributed by atoms with E-state index in [-0.39, 0.29) is 11.5 Å². The summed E-state index contributed by atoms with van der Waals surface area (Å²) in [4.78, 5) is 12.2. The van der Waals surface area contributed by atoms with Crippen LogP contribution in [0.2, 0.25) is 0 Å². The van der Waals surface area contributed by atoms with Crippen molar-refractivity contribution in [2.75, 3.05) is 0 Å². The Bertz CT molecular complexity index is 500. The second-order valence-corrected chi connectivity index (χ2v) is 9.87. The van der Waals surface area contributed by atoms with Crippen molar-refractivity contribution in [3.05, 3.63) is 0 Å². The molecule has 0 saturated heterocycles. The fraction of sp³-hybridized carbons (Fsp3) is 0.952. The normalized spacial score (nSPS) is 55.7. The Morgan fingerprint density at radius 1 is 0.913 bits per heavy atom. The highest BCUT2D eigenvalue weighted by Gasteiger charge is 2.60. The number of Topliss-reactive ketones (excluding diaryl/α,β-unsaturated/α-hetero) is 1. The van der Waals surface area contributed by atoms with E-state index in [4.69, 9.17) is 0 Å². The maximum Gasteiger partial charge on any atom is 0.133 e. The molecule has 0 heterocycles. The lowest BCUT2D eigenvalue weighted by Gasteiger charge is -2.60. The number of ketones is 1. The molecular formula is C21H34O2. The Hall–Kier alpha value is -0.370. The van der Waals surface area contributed by atoms with Crippen molar-refractivity contribution in [3.8, 4) is 0 Å². The number of aliphatic hydroxyl groups is 1. The van der Waals surface area contributed by atoms with Crippen LogP contribution in [0.5, 0.6) is 0 Å². The van der Waals surface area contributed by atoms with Gasteiger partial charge >= 0.3 is 0 Å². The van der Waals surface area contributed by atoms with Gasteiger partial charge < -0.3 is 5.11 Å². The van der Waals surface area contributed by atoms with E-state index in [0.29, 0.717) is 17.1 Å². The molecule has 0 aliphatic heterocycles. The molecule has 4 aliphatic carbocycles. The van der Waals surface area contributed by atoms with Crippen LogP contribution in [0.4, 0.5) is 0 Å². The van der Waals surface area contributed by atoms with E-state index in [1.807, 2.05) is 6.92 Å². The van der Waals surface area contributed by atoms with E-state index < -0.39 is 0 Å². The second-order valence-electron chi connectivity index (χ2n) is 9.87. The van der Waals surface area contributed by atoms with Crippen LogP contribution in [0.1, 0.15) is 78.6 Å². The average molecular weight is 319 g/mol. The van der Waals surface area contributed by atoms with Gasteiger partial charge in [-0.15, -0.1) is 0 Å². The summed E-state index contributed by atoms with van der Waals surface area (Å²) in [7, 11) is 0. The molecule has 0 amide bonds. The van der Waals surface area contributed by atoms with Gasteiger partial charge in [0.25, 0.3) is 0 Å². The highest BCUT2D eigenvalue weighted by molar-refractivity contribution is 5.79. The first kappa shape index (κ1) is 16.1. The summed E-state index contributed by atoms with van der Waals surface area (Å²) in [6.07, 6.45) is 10.9. The minimum Gasteiger partial charge on any atom is -0.393 e. The molecule has 2 nitrogen and oxygen atoms in total. The van der Waals surface area contributed by atoms with Crippen LogP contribution < -0.4 is 0 Å². The third-order valence-electron chi connectivity index (χ3n) is 9.13. The molecule has 0 aromatic rings. The molecule has 0 aromatic carbocycles. The first-order valence-electron chi connectivity index (χ1n) is 10.0. The standard InChI is InChI=1S/C21H34O2/c1-13(22)17-6-7-18-16-5-4-14-12-15(23)8-10-20(14,2)19(16)9-11-21(17,18)3/h14-19,23H,4-12H2,1-3H3/t14?,15?,16-,17+,18-,19-,20-,21-/m0/s1. The molecule has 2 heteroatoms. The van der Waals surface area contributed by atoms with E-state index in [2.05, 4.69) is 13.8 Å². The number of aliphatic hydroxyl groups excluding tert-OH is 1. The van der Waals surface area contributed by atoms with E-state index in [9.17, 15) is 9.90 Å². The van der Waals surface area contributed by atoms with Gasteiger partial charge in [0.2, 0.25) is 0 Å². The van der Waals surface area contributed by atoms with Gasteiger partial charge in [0.1, 0.15) is 5.78 Å². The molecule has 0 spiro atoms. The molecule has 4 aliphatic rings. The Kier molecular flexibility index (Phi) is 3.72. The molecule has 0 bridgehead atoms. The summed E-state index contributed by atoms with van der Waals surface area (Å²) in [6, 6.07) is 0. The molecule has 1 N–H and O–H groups in total. The van der Waals surface area contributed by atoms with Gasteiger partial charge in [-0.1, -0.05) is 13.8 Å². The van der Waals surface area contributed by atoms with Crippen molar-refractivity contribution in [1.29, 1.82) is 0 Å². The SMILES string of the molecule is CC(=O)[C@H]1CC[C@H]2[C@@H]3CCC4CC(O)CC[C@]4(C)[C@H]3CC[C@@]12C. The van der Waals surface area contributed by atoms with Gasteiger partial charge in [-0.05, 0) is 99.2 Å². The van der Waals surface area contributed by atoms with Gasteiger partial charge in [0.05, 0.1) is 6.10 Å². The smallest absolute Gasteiger partial charge is 0.133 e. The zero-order chi connectivity index (χ0) is 16.4. The van der Waals surface area contributed by atoms with Gasteiger partial charge in [-0.3, -0.25) is 4.79 Å². The lowest BCUT2D eigenvalue weighted by Crippen LogP contribution is -2.54. The molecule has 4 saturated carbocycles. The molecule has 4 rings (SSSR count). The predicted molar refractivity (Wildman–Crippen MR) is 91.9 cm³/mol. The van der Waals surface area contributed by atoms with E-state index in [1.54, 1.807) is 0 Å². The van der Waals surface area contributed by atoms with Crippen molar-refractivity contribution >= 4 is 5.78 Å². The second kappa shape index (κ2) is 5.31. The highest BCUT2D eigenvalue weighted by Crippen LogP contribution is 2.67. The minimum absolute atomic E-state index is 0.0490. The predicted octanol–water partition coefficient (Wildman–Crippen LogP) is 4.60. The molecule has 23 heavy (non-hydrogen) atoms. The van der Waals surface area contributed by atoms with Crippen LogP contribution in [-0.2, 0) is 4.79 Å². The van der Waals surface area contributed by atoms with Crippen molar-refractivity contribution in [2.45, 2.75) is 84.7 Å². The summed E-state index contributed by atoms with van der Waals surface area (Å²) in [5.41, 5.74) is 0.738. The number of fused-ring (bicyclic) bond motifs is 5. The number of rotatable bonds is 1. The van der Waals surface area contributed by atoms with E-state index in [0.717, 1.165) is 42.9 Å². The Morgan fingerprint density at radius 3 is 2.35 bits per heavy atom. The number of carbonyl (C=O) groups excluding carboxylic acids is 1. The van der Waals surface area contributed by atoms with Gasteiger partial charge in [-0.2, -0.15) is 0 Å². The lowest BCUT2D eigenvalue weighted by molar-refractivity contribution is -0.138. The average Bonchev–Trinajstić information content (AvgIpc) is 2.85. The lowest BCUT2D eigenvalue weighted by atomic mass is 9.44. The maximum atomic E-state index is 12.2. The Morgan fingerprint density at radius 2 is 1.61 bits per heavy atom. The minimum atomic E-state index is -0.0490. The van der Waals surface area contributed by atoms with Crippen LogP contribution in [-0.4, -0.2) is 17.0 Å². The van der Waals surface area contributed by atoms with E-state index >= 15 is 0 Å². The van der Waals surface area contributed by atoms with E-state index in [1.165, 1.54) is 38.5 Å². The molecule has 8 atom stereocenters. The molecule has 0 aromatic heterocycles. The summed E-state index contributed by atoms with van der Waals surface area (Å²) in [6.45, 7) is 6.80. The summed E-state index contributed by atoms with van der Waals surface area (Å²) >= 11 is 0. The third kappa shape index (κ3) is 2.19. The molecule has 4 fully saturated rings. The molecule has 0 radical (unpaired) electrons. The van der Waals surface area contributed by atoms with Gasteiger partial charge in [0, 0.05) is 5.92 Å². The fourth-order valence-corrected chi connectivity index (χ4v) is 7.90. The van der Waals surface area contributed by atoms with Crippen molar-refractivity contribution < 1.29 is 9.90 Å². The third-order valence-corrected chi connectivity index (χ3v) is 9.13. The number of carbonyl (C=O) groups is 1. The van der Waals surface area contributed by atoms with Gasteiger partial charge in [-0.25, -0.2) is 0 Å². The van der Waals surface area contributed by atoms with Crippen molar-refractivity contribution in [3.63, 3.8) is 0 Å². The summed E-state index contributed by atoms with van der Waals surface area (Å²) < 4.78 is 0. The largest absolute Gasteiger partial charge is 0.393 e. The monoisotopic (exact) mass is 318 g/mol. The fourth-order valence-electron chi connectivity index (χ4n) is 7.90.